The summed E-state index contributed by atoms with van der Waals surface area (Å²) < 4.78 is 10.5. The molecule has 0 aliphatic carbocycles. The van der Waals surface area contributed by atoms with E-state index < -0.39 is 0 Å². The Morgan fingerprint density at radius 3 is 2.78 bits per heavy atom. The van der Waals surface area contributed by atoms with E-state index >= 15 is 0 Å². The fourth-order valence-electron chi connectivity index (χ4n) is 1.51. The Balaban J connectivity index is 2.85. The number of ether oxygens (including phenoxy) is 2. The van der Waals surface area contributed by atoms with Gasteiger partial charge >= 0.3 is 0 Å². The highest BCUT2D eigenvalue weighted by molar-refractivity contribution is 6.63. The van der Waals surface area contributed by atoms with Gasteiger partial charge in [-0.15, -0.1) is 6.42 Å². The third-order valence-corrected chi connectivity index (χ3v) is 2.84. The number of benzene rings is 1. The monoisotopic (exact) mass is 266 g/mol. The molecular formula is C14H15ClO3. The van der Waals surface area contributed by atoms with Crippen molar-refractivity contribution in [3.63, 3.8) is 0 Å². The van der Waals surface area contributed by atoms with Crippen molar-refractivity contribution in [1.82, 2.24) is 0 Å². The standard InChI is InChI=1S/C14H15ClO3/c1-4-7-18-12-6-5-11(9-13(12)17-3)8-10(2)14(15)16/h1,5-6,9-10H,7-8H2,2-3H3. The highest BCUT2D eigenvalue weighted by Gasteiger charge is 2.12. The van der Waals surface area contributed by atoms with Gasteiger partial charge in [-0.3, -0.25) is 4.79 Å². The molecule has 0 saturated heterocycles. The molecule has 4 heteroatoms. The molecule has 1 aromatic rings. The number of halogens is 1. The van der Waals surface area contributed by atoms with Crippen LogP contribution in [0.1, 0.15) is 12.5 Å². The number of carbonyl (C=O) groups excluding carboxylic acids is 1. The van der Waals surface area contributed by atoms with Crippen LogP contribution < -0.4 is 9.47 Å². The minimum Gasteiger partial charge on any atom is -0.493 e. The van der Waals surface area contributed by atoms with Gasteiger partial charge in [0, 0.05) is 5.92 Å². The van der Waals surface area contributed by atoms with Crippen LogP contribution in [0.25, 0.3) is 0 Å². The third kappa shape index (κ3) is 3.97. The van der Waals surface area contributed by atoms with Gasteiger partial charge in [0.2, 0.25) is 5.24 Å². The molecule has 0 saturated carbocycles. The summed E-state index contributed by atoms with van der Waals surface area (Å²) in [5, 5.41) is -0.346. The summed E-state index contributed by atoms with van der Waals surface area (Å²) in [7, 11) is 1.55. The lowest BCUT2D eigenvalue weighted by atomic mass is 10.0. The zero-order valence-electron chi connectivity index (χ0n) is 10.4. The van der Waals surface area contributed by atoms with Gasteiger partial charge < -0.3 is 9.47 Å². The van der Waals surface area contributed by atoms with Crippen molar-refractivity contribution in [1.29, 1.82) is 0 Å². The summed E-state index contributed by atoms with van der Waals surface area (Å²) in [6.45, 7) is 1.97. The van der Waals surface area contributed by atoms with Crippen LogP contribution in [0.2, 0.25) is 0 Å². The molecule has 0 aliphatic heterocycles. The second-order valence-corrected chi connectivity index (χ2v) is 4.26. The van der Waals surface area contributed by atoms with Gasteiger partial charge in [0.15, 0.2) is 11.5 Å². The van der Waals surface area contributed by atoms with Crippen LogP contribution in [0.3, 0.4) is 0 Å². The number of hydrogen-bond donors (Lipinski definition) is 0. The molecule has 0 N–H and O–H groups in total. The topological polar surface area (TPSA) is 35.5 Å². The van der Waals surface area contributed by atoms with Gasteiger partial charge in [-0.1, -0.05) is 18.9 Å². The first-order valence-electron chi connectivity index (χ1n) is 5.51. The summed E-state index contributed by atoms with van der Waals surface area (Å²) in [5.41, 5.74) is 0.960. The van der Waals surface area contributed by atoms with Crippen LogP contribution in [-0.2, 0) is 11.2 Å². The lowest BCUT2D eigenvalue weighted by Gasteiger charge is -2.12. The smallest absolute Gasteiger partial charge is 0.224 e. The first kappa shape index (κ1) is 14.4. The fourth-order valence-corrected chi connectivity index (χ4v) is 1.59. The molecule has 0 aliphatic rings. The molecule has 1 atom stereocenters. The molecule has 1 rings (SSSR count). The number of hydrogen-bond acceptors (Lipinski definition) is 3. The Morgan fingerprint density at radius 2 is 2.22 bits per heavy atom. The average Bonchev–Trinajstić information content (AvgIpc) is 2.36. The molecule has 1 unspecified atom stereocenters. The second-order valence-electron chi connectivity index (χ2n) is 3.89. The van der Waals surface area contributed by atoms with E-state index in [-0.39, 0.29) is 17.8 Å². The summed E-state index contributed by atoms with van der Waals surface area (Å²) in [5.74, 6) is 3.34. The zero-order chi connectivity index (χ0) is 13.5. The highest BCUT2D eigenvalue weighted by atomic mass is 35.5. The van der Waals surface area contributed by atoms with E-state index in [2.05, 4.69) is 5.92 Å². The van der Waals surface area contributed by atoms with Gasteiger partial charge in [0.05, 0.1) is 7.11 Å². The molecule has 18 heavy (non-hydrogen) atoms. The van der Waals surface area contributed by atoms with E-state index in [0.29, 0.717) is 17.9 Å². The van der Waals surface area contributed by atoms with Crippen molar-refractivity contribution < 1.29 is 14.3 Å². The lowest BCUT2D eigenvalue weighted by Crippen LogP contribution is -2.07. The van der Waals surface area contributed by atoms with Crippen molar-refractivity contribution >= 4 is 16.8 Å². The summed E-state index contributed by atoms with van der Waals surface area (Å²) in [4.78, 5) is 11.0. The summed E-state index contributed by atoms with van der Waals surface area (Å²) in [6.07, 6.45) is 5.69. The van der Waals surface area contributed by atoms with Gasteiger partial charge in [0.1, 0.15) is 6.61 Å². The molecule has 0 radical (unpaired) electrons. The lowest BCUT2D eigenvalue weighted by molar-refractivity contribution is -0.114. The first-order valence-corrected chi connectivity index (χ1v) is 5.88. The normalized spacial score (nSPS) is 11.4. The number of rotatable bonds is 6. The Hall–Kier alpha value is -1.66. The van der Waals surface area contributed by atoms with Gasteiger partial charge in [0.25, 0.3) is 0 Å². The van der Waals surface area contributed by atoms with Crippen LogP contribution in [-0.4, -0.2) is 19.0 Å². The van der Waals surface area contributed by atoms with E-state index in [4.69, 9.17) is 27.5 Å². The van der Waals surface area contributed by atoms with Crippen LogP contribution in [0, 0.1) is 18.3 Å². The van der Waals surface area contributed by atoms with E-state index in [1.54, 1.807) is 20.1 Å². The molecule has 0 spiro atoms. The molecule has 0 aromatic heterocycles. The van der Waals surface area contributed by atoms with Crippen LogP contribution in [0.4, 0.5) is 0 Å². The molecule has 0 heterocycles. The quantitative estimate of drug-likeness (QED) is 0.587. The maximum Gasteiger partial charge on any atom is 0.224 e. The van der Waals surface area contributed by atoms with Crippen LogP contribution in [0.15, 0.2) is 18.2 Å². The van der Waals surface area contributed by atoms with Crippen LogP contribution in [0.5, 0.6) is 11.5 Å². The van der Waals surface area contributed by atoms with E-state index in [0.717, 1.165) is 5.56 Å². The fraction of sp³-hybridized carbons (Fsp3) is 0.357. The molecule has 96 valence electrons. The maximum absolute atomic E-state index is 11.0. The minimum absolute atomic E-state index is 0.187. The number of methoxy groups -OCH3 is 1. The molecule has 0 bridgehead atoms. The predicted octanol–water partition coefficient (Wildman–Crippen LogP) is 2.65. The Kier molecular flexibility index (Phi) is 5.54. The van der Waals surface area contributed by atoms with E-state index in [1.807, 2.05) is 12.1 Å². The molecule has 3 nitrogen and oxygen atoms in total. The maximum atomic E-state index is 11.0. The Morgan fingerprint density at radius 1 is 1.50 bits per heavy atom. The van der Waals surface area contributed by atoms with E-state index in [9.17, 15) is 4.79 Å². The van der Waals surface area contributed by atoms with Crippen molar-refractivity contribution in [2.75, 3.05) is 13.7 Å². The average molecular weight is 267 g/mol. The highest BCUT2D eigenvalue weighted by Crippen LogP contribution is 2.29. The Bertz CT molecular complexity index is 463. The molecule has 0 fully saturated rings. The SMILES string of the molecule is C#CCOc1ccc(CC(C)C(=O)Cl)cc1OC. The first-order chi connectivity index (χ1) is 8.58. The zero-order valence-corrected chi connectivity index (χ0v) is 11.2. The third-order valence-electron chi connectivity index (χ3n) is 2.47. The Labute approximate surface area is 112 Å². The van der Waals surface area contributed by atoms with E-state index in [1.165, 1.54) is 0 Å². The largest absolute Gasteiger partial charge is 0.493 e. The summed E-state index contributed by atoms with van der Waals surface area (Å²) >= 11 is 5.43. The van der Waals surface area contributed by atoms with Gasteiger partial charge in [-0.25, -0.2) is 0 Å². The molecule has 1 aromatic carbocycles. The second kappa shape index (κ2) is 6.93. The summed E-state index contributed by atoms with van der Waals surface area (Å²) in [6, 6.07) is 5.46. The number of terminal acetylenes is 1. The van der Waals surface area contributed by atoms with Crippen molar-refractivity contribution in [2.45, 2.75) is 13.3 Å². The minimum atomic E-state index is -0.346. The predicted molar refractivity (Wildman–Crippen MR) is 71.1 cm³/mol. The van der Waals surface area contributed by atoms with Gasteiger partial charge in [-0.05, 0) is 35.7 Å². The molecule has 0 amide bonds. The van der Waals surface area contributed by atoms with Crippen molar-refractivity contribution in [3.05, 3.63) is 23.8 Å². The van der Waals surface area contributed by atoms with Gasteiger partial charge in [-0.2, -0.15) is 0 Å². The van der Waals surface area contributed by atoms with Crippen LogP contribution >= 0.6 is 11.6 Å². The number of carbonyl (C=O) groups is 1. The van der Waals surface area contributed by atoms with Crippen molar-refractivity contribution in [3.8, 4) is 23.8 Å². The van der Waals surface area contributed by atoms with Crippen molar-refractivity contribution in [2.24, 2.45) is 5.92 Å². The molecular weight excluding hydrogens is 252 g/mol.